The topological polar surface area (TPSA) is 58.2 Å². The SMILES string of the molecule is CCNCc1ccc(S(=O)(=O)NCC(F)F)c(F)c1. The maximum absolute atomic E-state index is 13.7. The molecule has 0 heterocycles. The maximum atomic E-state index is 13.7. The lowest BCUT2D eigenvalue weighted by Crippen LogP contribution is -2.29. The molecule has 0 aliphatic heterocycles. The molecule has 0 aliphatic rings. The highest BCUT2D eigenvalue weighted by Gasteiger charge is 2.20. The zero-order valence-corrected chi connectivity index (χ0v) is 11.1. The van der Waals surface area contributed by atoms with Gasteiger partial charge in [-0.3, -0.25) is 0 Å². The number of hydrogen-bond donors (Lipinski definition) is 2. The van der Waals surface area contributed by atoms with Gasteiger partial charge in [0.15, 0.2) is 0 Å². The summed E-state index contributed by atoms with van der Waals surface area (Å²) in [6, 6.07) is 3.57. The van der Waals surface area contributed by atoms with E-state index >= 15 is 0 Å². The van der Waals surface area contributed by atoms with Crippen LogP contribution in [0.5, 0.6) is 0 Å². The van der Waals surface area contributed by atoms with Gasteiger partial charge in [-0.15, -0.1) is 0 Å². The van der Waals surface area contributed by atoms with Gasteiger partial charge in [0.2, 0.25) is 10.0 Å². The van der Waals surface area contributed by atoms with Crippen molar-refractivity contribution in [3.63, 3.8) is 0 Å². The highest BCUT2D eigenvalue weighted by Crippen LogP contribution is 2.16. The third-order valence-corrected chi connectivity index (χ3v) is 3.75. The summed E-state index contributed by atoms with van der Waals surface area (Å²) in [6.07, 6.45) is -2.83. The van der Waals surface area contributed by atoms with E-state index in [0.717, 1.165) is 12.1 Å². The molecule has 0 aromatic heterocycles. The molecule has 108 valence electrons. The quantitative estimate of drug-likeness (QED) is 0.801. The van der Waals surface area contributed by atoms with Crippen molar-refractivity contribution in [3.8, 4) is 0 Å². The maximum Gasteiger partial charge on any atom is 0.251 e. The van der Waals surface area contributed by atoms with Crippen LogP contribution in [0.15, 0.2) is 23.1 Å². The molecule has 0 radical (unpaired) electrons. The molecule has 0 fully saturated rings. The highest BCUT2D eigenvalue weighted by molar-refractivity contribution is 7.89. The van der Waals surface area contributed by atoms with Crippen LogP contribution in [0.2, 0.25) is 0 Å². The van der Waals surface area contributed by atoms with E-state index in [1.165, 1.54) is 6.07 Å². The Labute approximate surface area is 110 Å². The van der Waals surface area contributed by atoms with Crippen LogP contribution < -0.4 is 10.0 Å². The van der Waals surface area contributed by atoms with Crippen molar-refractivity contribution in [1.82, 2.24) is 10.0 Å². The Morgan fingerprint density at radius 2 is 2.00 bits per heavy atom. The summed E-state index contributed by atoms with van der Waals surface area (Å²) in [5, 5.41) is 2.96. The third kappa shape index (κ3) is 4.81. The Hall–Kier alpha value is -1.12. The van der Waals surface area contributed by atoms with E-state index in [2.05, 4.69) is 5.32 Å². The molecule has 0 amide bonds. The molecular weight excluding hydrogens is 281 g/mol. The molecule has 0 bridgehead atoms. The zero-order valence-electron chi connectivity index (χ0n) is 10.3. The highest BCUT2D eigenvalue weighted by atomic mass is 32.2. The molecule has 0 aliphatic carbocycles. The first-order valence-corrected chi connectivity index (χ1v) is 7.12. The van der Waals surface area contributed by atoms with Gasteiger partial charge in [0, 0.05) is 6.54 Å². The van der Waals surface area contributed by atoms with Crippen molar-refractivity contribution >= 4 is 10.0 Å². The van der Waals surface area contributed by atoms with Crippen LogP contribution >= 0.6 is 0 Å². The van der Waals surface area contributed by atoms with Gasteiger partial charge in [-0.05, 0) is 24.2 Å². The van der Waals surface area contributed by atoms with E-state index in [0.29, 0.717) is 18.7 Å². The lowest BCUT2D eigenvalue weighted by molar-refractivity contribution is 0.153. The molecule has 8 heteroatoms. The average molecular weight is 296 g/mol. The Kier molecular flexibility index (Phi) is 5.77. The summed E-state index contributed by atoms with van der Waals surface area (Å²) in [6.45, 7) is 1.93. The van der Waals surface area contributed by atoms with Gasteiger partial charge in [0.05, 0.1) is 6.54 Å². The third-order valence-electron chi connectivity index (χ3n) is 2.29. The predicted octanol–water partition coefficient (Wildman–Crippen LogP) is 1.48. The van der Waals surface area contributed by atoms with Crippen LogP contribution in [0, 0.1) is 5.82 Å². The minimum Gasteiger partial charge on any atom is -0.313 e. The number of alkyl halides is 2. The number of benzene rings is 1. The van der Waals surface area contributed by atoms with Gasteiger partial charge in [-0.1, -0.05) is 13.0 Å². The van der Waals surface area contributed by atoms with Gasteiger partial charge in [0.25, 0.3) is 6.43 Å². The monoisotopic (exact) mass is 296 g/mol. The van der Waals surface area contributed by atoms with E-state index in [9.17, 15) is 21.6 Å². The Morgan fingerprint density at radius 1 is 1.32 bits per heavy atom. The van der Waals surface area contributed by atoms with Gasteiger partial charge in [0.1, 0.15) is 10.7 Å². The first-order chi connectivity index (χ1) is 8.86. The largest absolute Gasteiger partial charge is 0.313 e. The van der Waals surface area contributed by atoms with Crippen LogP contribution in [0.3, 0.4) is 0 Å². The fourth-order valence-corrected chi connectivity index (χ4v) is 2.46. The Morgan fingerprint density at radius 3 is 2.53 bits per heavy atom. The molecule has 0 atom stereocenters. The van der Waals surface area contributed by atoms with Crippen molar-refractivity contribution < 1.29 is 21.6 Å². The molecule has 1 aromatic carbocycles. The van der Waals surface area contributed by atoms with Crippen molar-refractivity contribution in [1.29, 1.82) is 0 Å². The molecule has 0 saturated heterocycles. The molecule has 19 heavy (non-hydrogen) atoms. The fourth-order valence-electron chi connectivity index (χ4n) is 1.39. The summed E-state index contributed by atoms with van der Waals surface area (Å²) in [5.41, 5.74) is 0.576. The van der Waals surface area contributed by atoms with Crippen molar-refractivity contribution in [2.24, 2.45) is 0 Å². The fraction of sp³-hybridized carbons (Fsp3) is 0.455. The lowest BCUT2D eigenvalue weighted by atomic mass is 10.2. The molecule has 4 nitrogen and oxygen atoms in total. The van der Waals surface area contributed by atoms with Crippen LogP contribution in [-0.4, -0.2) is 27.9 Å². The number of hydrogen-bond acceptors (Lipinski definition) is 3. The molecule has 1 aromatic rings. The first kappa shape index (κ1) is 15.9. The second-order valence-electron chi connectivity index (χ2n) is 3.79. The number of rotatable bonds is 7. The molecular formula is C11H15F3N2O2S. The number of nitrogens with one attached hydrogen (secondary N) is 2. The summed E-state index contributed by atoms with van der Waals surface area (Å²) in [4.78, 5) is -0.631. The molecule has 1 rings (SSSR count). The Bertz CT molecular complexity index is 521. The van der Waals surface area contributed by atoms with Crippen LogP contribution in [0.1, 0.15) is 12.5 Å². The van der Waals surface area contributed by atoms with Gasteiger partial charge in [-0.25, -0.2) is 26.3 Å². The van der Waals surface area contributed by atoms with Crippen LogP contribution in [0.25, 0.3) is 0 Å². The summed E-state index contributed by atoms with van der Waals surface area (Å²) < 4.78 is 62.4. The standard InChI is InChI=1S/C11H15F3N2O2S/c1-2-15-6-8-3-4-10(9(12)5-8)19(17,18)16-7-11(13)14/h3-5,11,15-16H,2,6-7H2,1H3. The normalized spacial score (nSPS) is 12.1. The molecule has 0 spiro atoms. The summed E-state index contributed by atoms with van der Waals surface area (Å²) >= 11 is 0. The molecule has 0 saturated carbocycles. The minimum atomic E-state index is -4.25. The van der Waals surface area contributed by atoms with Crippen molar-refractivity contribution in [3.05, 3.63) is 29.6 Å². The smallest absolute Gasteiger partial charge is 0.251 e. The number of halogens is 3. The van der Waals surface area contributed by atoms with E-state index in [1.54, 1.807) is 4.72 Å². The predicted molar refractivity (Wildman–Crippen MR) is 65.0 cm³/mol. The molecule has 0 unspecified atom stereocenters. The minimum absolute atomic E-state index is 0.401. The van der Waals surface area contributed by atoms with Crippen LogP contribution in [0.4, 0.5) is 13.2 Å². The Balaban J connectivity index is 2.89. The lowest BCUT2D eigenvalue weighted by Gasteiger charge is -2.09. The summed E-state index contributed by atoms with van der Waals surface area (Å²) in [5.74, 6) is -0.961. The summed E-state index contributed by atoms with van der Waals surface area (Å²) in [7, 11) is -4.25. The molecule has 2 N–H and O–H groups in total. The zero-order chi connectivity index (χ0) is 14.5. The first-order valence-electron chi connectivity index (χ1n) is 5.63. The van der Waals surface area contributed by atoms with Gasteiger partial charge < -0.3 is 5.32 Å². The second kappa shape index (κ2) is 6.88. The average Bonchev–Trinajstić information content (AvgIpc) is 2.34. The van der Waals surface area contributed by atoms with Gasteiger partial charge >= 0.3 is 0 Å². The van der Waals surface area contributed by atoms with E-state index in [-0.39, 0.29) is 0 Å². The van der Waals surface area contributed by atoms with E-state index in [4.69, 9.17) is 0 Å². The number of sulfonamides is 1. The van der Waals surface area contributed by atoms with Crippen molar-refractivity contribution in [2.75, 3.05) is 13.1 Å². The van der Waals surface area contributed by atoms with E-state index < -0.39 is 33.7 Å². The van der Waals surface area contributed by atoms with E-state index in [1.807, 2.05) is 6.92 Å². The van der Waals surface area contributed by atoms with Crippen LogP contribution in [-0.2, 0) is 16.6 Å². The van der Waals surface area contributed by atoms with Gasteiger partial charge in [-0.2, -0.15) is 0 Å². The van der Waals surface area contributed by atoms with Crippen molar-refractivity contribution in [2.45, 2.75) is 24.8 Å². The second-order valence-corrected chi connectivity index (χ2v) is 5.52.